The Morgan fingerprint density at radius 2 is 0.476 bits per heavy atom. The molecule has 14 heteroatoms. The lowest BCUT2D eigenvalue weighted by molar-refractivity contribution is 0.00578. The number of thiazole rings is 2. The molecule has 24 aromatic rings. The summed E-state index contributed by atoms with van der Waals surface area (Å²) in [6.07, 6.45) is 0. The molecule has 1 aliphatic heterocycles. The third kappa shape index (κ3) is 12.6. The van der Waals surface area contributed by atoms with Crippen LogP contribution in [0.15, 0.2) is 397 Å². The normalized spacial score (nSPS) is 13.3. The monoisotopic (exact) mass is 1760 g/mol. The van der Waals surface area contributed by atoms with E-state index in [-0.39, 0.29) is 18.3 Å². The standard InChI is InChI=1S/C61H38N4S.C25H14Br2N2S.C24H24BNO2/c1-7-19-53-47(13-1)48-14-2-8-20-54(48)63(53)42-31-25-39(26-32-42)45-37-38-46(40-27-33-43(34-28-40)64-55-21-9-3-15-49(55)50-16-4-10-22-56(50)64)60-59(45)62-61(66-60)41-29-35-44(36-30-41)65-57-23-11-5-17-51(57)52-18-6-12-24-58(52)65;26-19-13-14-20(27)24-23(19)28-25(30-24)15-9-11-16(12-10-15)29-21-7-3-1-5-17(21)18-6-2-4-8-22(18)29;1-23(2)24(3,4)28-25(27-23)17-13-15-18(16-14-17)26-21-11-7-5-9-19(21)20-10-6-8-12-22(20)26/h1-38H;1-14H;5-16H,1-4H3. The van der Waals surface area contributed by atoms with Crippen LogP contribution in [-0.2, 0) is 9.31 Å². The van der Waals surface area contributed by atoms with Crippen LogP contribution < -0.4 is 5.46 Å². The first-order chi connectivity index (χ1) is 60.8. The van der Waals surface area contributed by atoms with Crippen molar-refractivity contribution in [1.29, 1.82) is 0 Å². The van der Waals surface area contributed by atoms with Crippen LogP contribution in [0.2, 0.25) is 0 Å². The van der Waals surface area contributed by atoms with Gasteiger partial charge >= 0.3 is 7.12 Å². The molecule has 124 heavy (non-hydrogen) atoms. The highest BCUT2D eigenvalue weighted by molar-refractivity contribution is 9.11. The molecule has 0 saturated carbocycles. The lowest BCUT2D eigenvalue weighted by Gasteiger charge is -2.32. The van der Waals surface area contributed by atoms with E-state index in [9.17, 15) is 0 Å². The van der Waals surface area contributed by atoms with Crippen LogP contribution in [0, 0.1) is 0 Å². The quantitative estimate of drug-likeness (QED) is 0.128. The number of rotatable bonds is 10. The van der Waals surface area contributed by atoms with Crippen molar-refractivity contribution in [3.8, 4) is 71.8 Å². The molecular weight excluding hydrogens is 1690 g/mol. The molecule has 1 saturated heterocycles. The Kier molecular flexibility index (Phi) is 18.4. The van der Waals surface area contributed by atoms with E-state index in [0.717, 1.165) is 96.4 Å². The van der Waals surface area contributed by atoms with E-state index in [2.05, 4.69) is 465 Å². The summed E-state index contributed by atoms with van der Waals surface area (Å²) in [7, 11) is -0.336. The second-order valence-electron chi connectivity index (χ2n) is 32.8. The zero-order valence-corrected chi connectivity index (χ0v) is 72.9. The van der Waals surface area contributed by atoms with Gasteiger partial charge in [-0.2, -0.15) is 0 Å². The van der Waals surface area contributed by atoms with Crippen LogP contribution in [0.1, 0.15) is 27.7 Å². The molecule has 7 aromatic heterocycles. The van der Waals surface area contributed by atoms with E-state index in [0.29, 0.717) is 0 Å². The maximum atomic E-state index is 6.19. The maximum absolute atomic E-state index is 6.19. The minimum absolute atomic E-state index is 0.330. The third-order valence-corrected chi connectivity index (χ3v) is 29.0. The highest BCUT2D eigenvalue weighted by atomic mass is 79.9. The fourth-order valence-electron chi connectivity index (χ4n) is 18.5. The predicted octanol–water partition coefficient (Wildman–Crippen LogP) is 30.3. The molecule has 0 bridgehead atoms. The summed E-state index contributed by atoms with van der Waals surface area (Å²) in [6, 6.07) is 139. The van der Waals surface area contributed by atoms with Crippen LogP contribution in [0.5, 0.6) is 0 Å². The molecule has 9 nitrogen and oxygen atoms in total. The van der Waals surface area contributed by atoms with Crippen LogP contribution >= 0.6 is 54.5 Å². The number of hydrogen-bond donors (Lipinski definition) is 0. The van der Waals surface area contributed by atoms with Crippen LogP contribution in [-0.4, -0.2) is 51.1 Å². The molecule has 0 radical (unpaired) electrons. The van der Waals surface area contributed by atoms with Gasteiger partial charge in [-0.05, 0) is 234 Å². The van der Waals surface area contributed by atoms with Crippen molar-refractivity contribution in [3.05, 3.63) is 397 Å². The maximum Gasteiger partial charge on any atom is 0.494 e. The van der Waals surface area contributed by atoms with E-state index >= 15 is 0 Å². The van der Waals surface area contributed by atoms with E-state index in [1.807, 2.05) is 6.07 Å². The molecule has 592 valence electrons. The molecule has 25 rings (SSSR count). The highest BCUT2D eigenvalue weighted by Gasteiger charge is 2.51. The molecule has 0 atom stereocenters. The molecular formula is C110H76BBr2N7O2S2. The zero-order valence-electron chi connectivity index (χ0n) is 68.0. The SMILES string of the molecule is Brc1ccc(Br)c2sc(-c3ccc(-n4c5ccccc5c5ccccc54)cc3)nc12.CC1(C)OB(c2ccc(-n3c4ccccc4c4ccccc43)cc2)OC1(C)C.c1ccc2c(c1)c1ccccc1n2-c1ccc(-c2nc3c(-c4ccc(-n5c6ccccc6c6ccccc65)cc4)ccc(-c4ccc(-n5c6ccccc6c6ccccc65)cc4)c3s2)cc1. The third-order valence-electron chi connectivity index (χ3n) is 25.2. The van der Waals surface area contributed by atoms with Gasteiger partial charge in [0.2, 0.25) is 0 Å². The molecule has 8 heterocycles. The minimum atomic E-state index is -0.336. The average Bonchev–Trinajstić information content (AvgIpc) is 1.60. The predicted molar refractivity (Wildman–Crippen MR) is 530 cm³/mol. The number of nitrogens with zero attached hydrogens (tertiary/aromatic N) is 7. The van der Waals surface area contributed by atoms with Crippen LogP contribution in [0.3, 0.4) is 0 Å². The van der Waals surface area contributed by atoms with Crippen molar-refractivity contribution >= 4 is 197 Å². The van der Waals surface area contributed by atoms with Gasteiger partial charge in [0.15, 0.2) is 0 Å². The largest absolute Gasteiger partial charge is 0.494 e. The van der Waals surface area contributed by atoms with Crippen molar-refractivity contribution in [1.82, 2.24) is 32.8 Å². The lowest BCUT2D eigenvalue weighted by Crippen LogP contribution is -2.41. The van der Waals surface area contributed by atoms with Gasteiger partial charge in [0.1, 0.15) is 10.0 Å². The number of halogens is 2. The summed E-state index contributed by atoms with van der Waals surface area (Å²) in [5, 5.41) is 14.7. The molecule has 17 aromatic carbocycles. The molecule has 0 unspecified atom stereocenters. The van der Waals surface area contributed by atoms with Crippen molar-refractivity contribution in [2.75, 3.05) is 0 Å². The second kappa shape index (κ2) is 30.2. The van der Waals surface area contributed by atoms with Gasteiger partial charge in [-0.3, -0.25) is 0 Å². The Morgan fingerprint density at radius 3 is 0.766 bits per heavy atom. The summed E-state index contributed by atoms with van der Waals surface area (Å²) in [5.41, 5.74) is 27.0. The smallest absolute Gasteiger partial charge is 0.399 e. The van der Waals surface area contributed by atoms with Gasteiger partial charge in [-0.1, -0.05) is 231 Å². The van der Waals surface area contributed by atoms with Gasteiger partial charge in [0.25, 0.3) is 0 Å². The van der Waals surface area contributed by atoms with Gasteiger partial charge < -0.3 is 32.1 Å². The van der Waals surface area contributed by atoms with Gasteiger partial charge in [0.05, 0.1) is 86.8 Å². The van der Waals surface area contributed by atoms with Crippen LogP contribution in [0.4, 0.5) is 0 Å². The number of fused-ring (bicyclic) bond motifs is 17. The van der Waals surface area contributed by atoms with Gasteiger partial charge in [0, 0.05) is 113 Å². The number of aromatic nitrogens is 7. The average molecular weight is 1760 g/mol. The molecule has 0 amide bonds. The Balaban J connectivity index is 0.000000126. The highest BCUT2D eigenvalue weighted by Crippen LogP contribution is 2.46. The first kappa shape index (κ1) is 75.4. The topological polar surface area (TPSA) is 68.9 Å². The molecule has 1 fully saturated rings. The van der Waals surface area contributed by atoms with Crippen molar-refractivity contribution in [2.24, 2.45) is 0 Å². The van der Waals surface area contributed by atoms with Gasteiger partial charge in [-0.25, -0.2) is 9.97 Å². The summed E-state index contributed by atoms with van der Waals surface area (Å²) < 4.78 is 28.6. The van der Waals surface area contributed by atoms with Crippen molar-refractivity contribution < 1.29 is 9.31 Å². The Hall–Kier alpha value is -13.5. The zero-order chi connectivity index (χ0) is 83.1. The Labute approximate surface area is 740 Å². The lowest BCUT2D eigenvalue weighted by atomic mass is 9.79. The Bertz CT molecular complexity index is 7830. The fraction of sp³-hybridized carbons (Fsp3) is 0.0545. The minimum Gasteiger partial charge on any atom is -0.399 e. The summed E-state index contributed by atoms with van der Waals surface area (Å²) in [5.74, 6) is 0. The van der Waals surface area contributed by atoms with E-state index in [1.165, 1.54) is 119 Å². The second-order valence-corrected chi connectivity index (χ2v) is 36.5. The molecule has 0 N–H and O–H groups in total. The van der Waals surface area contributed by atoms with E-state index < -0.39 is 0 Å². The van der Waals surface area contributed by atoms with Crippen molar-refractivity contribution in [2.45, 2.75) is 38.9 Å². The van der Waals surface area contributed by atoms with Crippen LogP contribution in [0.25, 0.3) is 201 Å². The van der Waals surface area contributed by atoms with Crippen molar-refractivity contribution in [3.63, 3.8) is 0 Å². The Morgan fingerprint density at radius 1 is 0.242 bits per heavy atom. The summed E-state index contributed by atoms with van der Waals surface area (Å²) in [6.45, 7) is 8.33. The molecule has 0 spiro atoms. The number of benzene rings is 17. The summed E-state index contributed by atoms with van der Waals surface area (Å²) in [4.78, 5) is 10.4. The molecule has 0 aliphatic carbocycles. The van der Waals surface area contributed by atoms with E-state index in [4.69, 9.17) is 19.3 Å². The van der Waals surface area contributed by atoms with Gasteiger partial charge in [-0.15, -0.1) is 22.7 Å². The first-order valence-corrected chi connectivity index (χ1v) is 45.0. The fourth-order valence-corrected chi connectivity index (χ4v) is 21.8. The number of para-hydroxylation sites is 10. The van der Waals surface area contributed by atoms with E-state index in [1.54, 1.807) is 22.7 Å². The molecule has 1 aliphatic rings. The summed E-state index contributed by atoms with van der Waals surface area (Å²) >= 11 is 10.7. The first-order valence-electron chi connectivity index (χ1n) is 41.8. The number of hydrogen-bond acceptors (Lipinski definition) is 6.